The number of hydrogen-bond donors (Lipinski definition) is 0. The fourth-order valence-corrected chi connectivity index (χ4v) is 6.07. The number of rotatable bonds is 7. The molecular formula is C28H27FN4O4S. The van der Waals surface area contributed by atoms with Crippen LogP contribution in [0.1, 0.15) is 27.3 Å². The SMILES string of the molecule is COc1ccc(S(=O)(=O)N2CCc3c(c(CN(C(=O)c4ccc(F)cc4)c4ccccc4)nn3C)C2)cc1. The minimum Gasteiger partial charge on any atom is -0.497 e. The second kappa shape index (κ2) is 10.4. The van der Waals surface area contributed by atoms with Crippen LogP contribution in [0.5, 0.6) is 5.75 Å². The molecule has 5 rings (SSSR count). The lowest BCUT2D eigenvalue weighted by Gasteiger charge is -2.28. The summed E-state index contributed by atoms with van der Waals surface area (Å²) in [5, 5.41) is 4.68. The smallest absolute Gasteiger partial charge is 0.258 e. The van der Waals surface area contributed by atoms with E-state index in [9.17, 15) is 17.6 Å². The Morgan fingerprint density at radius 1 is 1.03 bits per heavy atom. The molecule has 0 aliphatic carbocycles. The molecule has 0 saturated carbocycles. The Balaban J connectivity index is 1.47. The van der Waals surface area contributed by atoms with Crippen LogP contribution in [-0.4, -0.2) is 42.1 Å². The zero-order chi connectivity index (χ0) is 26.9. The van der Waals surface area contributed by atoms with Crippen molar-refractivity contribution >= 4 is 21.6 Å². The van der Waals surface area contributed by atoms with E-state index in [4.69, 9.17) is 4.74 Å². The zero-order valence-electron chi connectivity index (χ0n) is 21.0. The summed E-state index contributed by atoms with van der Waals surface area (Å²) in [5.74, 6) is -0.162. The molecule has 2 heterocycles. The second-order valence-corrected chi connectivity index (χ2v) is 10.9. The number of para-hydroxylation sites is 1. The normalized spacial score (nSPS) is 13.7. The Bertz CT molecular complexity index is 1550. The van der Waals surface area contributed by atoms with Gasteiger partial charge in [-0.25, -0.2) is 12.8 Å². The van der Waals surface area contributed by atoms with E-state index in [2.05, 4.69) is 5.10 Å². The number of carbonyl (C=O) groups excluding carboxylic acids is 1. The largest absolute Gasteiger partial charge is 0.497 e. The lowest BCUT2D eigenvalue weighted by atomic mass is 10.1. The molecule has 38 heavy (non-hydrogen) atoms. The van der Waals surface area contributed by atoms with Gasteiger partial charge in [0, 0.05) is 49.1 Å². The summed E-state index contributed by atoms with van der Waals surface area (Å²) in [5.41, 5.74) is 3.31. The van der Waals surface area contributed by atoms with Crippen LogP contribution in [-0.2, 0) is 36.6 Å². The van der Waals surface area contributed by atoms with Crippen molar-refractivity contribution in [1.29, 1.82) is 0 Å². The fourth-order valence-electron chi connectivity index (χ4n) is 4.66. The van der Waals surface area contributed by atoms with Gasteiger partial charge in [0.1, 0.15) is 11.6 Å². The van der Waals surface area contributed by atoms with Crippen LogP contribution < -0.4 is 9.64 Å². The van der Waals surface area contributed by atoms with Gasteiger partial charge in [-0.05, 0) is 60.7 Å². The highest BCUT2D eigenvalue weighted by Gasteiger charge is 2.33. The molecular weight excluding hydrogens is 507 g/mol. The molecule has 0 spiro atoms. The van der Waals surface area contributed by atoms with Crippen LogP contribution in [0.2, 0.25) is 0 Å². The Morgan fingerprint density at radius 2 is 1.71 bits per heavy atom. The maximum absolute atomic E-state index is 13.5. The van der Waals surface area contributed by atoms with Crippen molar-refractivity contribution in [2.75, 3.05) is 18.6 Å². The molecule has 3 aromatic carbocycles. The third-order valence-electron chi connectivity index (χ3n) is 6.70. The van der Waals surface area contributed by atoms with Crippen LogP contribution in [0.25, 0.3) is 0 Å². The van der Waals surface area contributed by atoms with Crippen LogP contribution >= 0.6 is 0 Å². The molecule has 196 valence electrons. The average Bonchev–Trinajstić information content (AvgIpc) is 3.26. The first-order valence-corrected chi connectivity index (χ1v) is 13.5. The van der Waals surface area contributed by atoms with E-state index in [0.717, 1.165) is 11.3 Å². The Morgan fingerprint density at radius 3 is 2.37 bits per heavy atom. The highest BCUT2D eigenvalue weighted by atomic mass is 32.2. The van der Waals surface area contributed by atoms with Gasteiger partial charge in [-0.1, -0.05) is 18.2 Å². The van der Waals surface area contributed by atoms with Gasteiger partial charge in [0.2, 0.25) is 10.0 Å². The molecule has 0 N–H and O–H groups in total. The van der Waals surface area contributed by atoms with Crippen molar-refractivity contribution in [1.82, 2.24) is 14.1 Å². The number of aryl methyl sites for hydroxylation is 1. The van der Waals surface area contributed by atoms with E-state index < -0.39 is 15.8 Å². The van der Waals surface area contributed by atoms with E-state index in [-0.39, 0.29) is 23.9 Å². The highest BCUT2D eigenvalue weighted by molar-refractivity contribution is 7.89. The van der Waals surface area contributed by atoms with Crippen molar-refractivity contribution in [2.45, 2.75) is 24.4 Å². The Hall–Kier alpha value is -4.02. The van der Waals surface area contributed by atoms with Crippen molar-refractivity contribution in [2.24, 2.45) is 7.05 Å². The lowest BCUT2D eigenvalue weighted by Crippen LogP contribution is -2.37. The van der Waals surface area contributed by atoms with Crippen molar-refractivity contribution < 1.29 is 22.3 Å². The van der Waals surface area contributed by atoms with Crippen molar-refractivity contribution in [3.63, 3.8) is 0 Å². The van der Waals surface area contributed by atoms with Crippen LogP contribution in [0.15, 0.2) is 83.8 Å². The third kappa shape index (κ3) is 4.92. The number of amides is 1. The summed E-state index contributed by atoms with van der Waals surface area (Å²) in [6.07, 6.45) is 0.492. The summed E-state index contributed by atoms with van der Waals surface area (Å²) >= 11 is 0. The Labute approximate surface area is 220 Å². The minimum absolute atomic E-state index is 0.125. The minimum atomic E-state index is -3.76. The van der Waals surface area contributed by atoms with E-state index in [1.54, 1.807) is 21.7 Å². The molecule has 1 aromatic heterocycles. The predicted octanol–water partition coefficient (Wildman–Crippen LogP) is 4.16. The number of methoxy groups -OCH3 is 1. The first-order valence-electron chi connectivity index (χ1n) is 12.1. The fraction of sp³-hybridized carbons (Fsp3) is 0.214. The van der Waals surface area contributed by atoms with Gasteiger partial charge in [0.25, 0.3) is 5.91 Å². The first-order chi connectivity index (χ1) is 18.3. The van der Waals surface area contributed by atoms with E-state index in [0.29, 0.717) is 35.7 Å². The maximum Gasteiger partial charge on any atom is 0.258 e. The first kappa shape index (κ1) is 25.6. The molecule has 1 aliphatic heterocycles. The summed E-state index contributed by atoms with van der Waals surface area (Å²) in [6, 6.07) is 20.9. The standard InChI is InChI=1S/C28H27FN4O4S/c1-31-27-16-17-32(38(35,36)24-14-12-23(37-2)13-15-24)18-25(27)26(30-31)19-33(22-6-4-3-5-7-22)28(34)20-8-10-21(29)11-9-20/h3-15H,16-19H2,1-2H3. The lowest BCUT2D eigenvalue weighted by molar-refractivity contribution is 0.0984. The quantitative estimate of drug-likeness (QED) is 0.356. The van der Waals surface area contributed by atoms with Crippen molar-refractivity contribution in [3.8, 4) is 5.75 Å². The number of ether oxygens (including phenoxy) is 1. The van der Waals surface area contributed by atoms with Crippen LogP contribution in [0.3, 0.4) is 0 Å². The summed E-state index contributed by atoms with van der Waals surface area (Å²) in [7, 11) is -0.406. The van der Waals surface area contributed by atoms with Gasteiger partial charge in [-0.15, -0.1) is 0 Å². The van der Waals surface area contributed by atoms with Crippen LogP contribution in [0.4, 0.5) is 10.1 Å². The van der Waals surface area contributed by atoms with Gasteiger partial charge < -0.3 is 9.64 Å². The van der Waals surface area contributed by atoms with Gasteiger partial charge in [-0.3, -0.25) is 9.48 Å². The number of hydrogen-bond acceptors (Lipinski definition) is 5. The Kier molecular flexibility index (Phi) is 7.00. The number of halogens is 1. The third-order valence-corrected chi connectivity index (χ3v) is 8.56. The molecule has 0 bridgehead atoms. The molecule has 1 amide bonds. The molecule has 8 nitrogen and oxygen atoms in total. The molecule has 0 saturated heterocycles. The highest BCUT2D eigenvalue weighted by Crippen LogP contribution is 2.30. The number of nitrogens with zero attached hydrogens (tertiary/aromatic N) is 4. The van der Waals surface area contributed by atoms with Gasteiger partial charge in [0.05, 0.1) is 24.2 Å². The van der Waals surface area contributed by atoms with Gasteiger partial charge in [0.15, 0.2) is 0 Å². The maximum atomic E-state index is 13.5. The van der Waals surface area contributed by atoms with Crippen molar-refractivity contribution in [3.05, 3.63) is 107 Å². The second-order valence-electron chi connectivity index (χ2n) is 8.99. The summed E-state index contributed by atoms with van der Waals surface area (Å²) in [4.78, 5) is 15.3. The molecule has 0 unspecified atom stereocenters. The molecule has 0 radical (unpaired) electrons. The molecule has 0 atom stereocenters. The van der Waals surface area contributed by atoms with Gasteiger partial charge in [-0.2, -0.15) is 9.40 Å². The number of anilines is 1. The predicted molar refractivity (Wildman–Crippen MR) is 141 cm³/mol. The molecule has 4 aromatic rings. The number of carbonyl (C=O) groups is 1. The molecule has 10 heteroatoms. The van der Waals surface area contributed by atoms with E-state index in [1.807, 2.05) is 37.4 Å². The number of sulfonamides is 1. The number of fused-ring (bicyclic) bond motifs is 1. The summed E-state index contributed by atoms with van der Waals surface area (Å²) < 4.78 is 48.7. The van der Waals surface area contributed by atoms with E-state index in [1.165, 1.54) is 47.8 Å². The zero-order valence-corrected chi connectivity index (χ0v) is 21.9. The molecule has 0 fully saturated rings. The monoisotopic (exact) mass is 534 g/mol. The summed E-state index contributed by atoms with van der Waals surface area (Å²) in [6.45, 7) is 0.581. The molecule has 1 aliphatic rings. The van der Waals surface area contributed by atoms with Gasteiger partial charge >= 0.3 is 0 Å². The van der Waals surface area contributed by atoms with Crippen LogP contribution in [0, 0.1) is 5.82 Å². The topological polar surface area (TPSA) is 84.7 Å². The van der Waals surface area contributed by atoms with E-state index >= 15 is 0 Å². The number of aromatic nitrogens is 2. The number of benzene rings is 3. The average molecular weight is 535 g/mol.